The first-order valence-electron chi connectivity index (χ1n) is 6.18. The van der Waals surface area contributed by atoms with Crippen molar-refractivity contribution in [1.82, 2.24) is 5.43 Å². The molecular formula is C14H18N2O2. The molecule has 0 radical (unpaired) electrons. The molecule has 0 spiro atoms. The number of carbonyl (C=O) groups excluding carboxylic acids is 1. The summed E-state index contributed by atoms with van der Waals surface area (Å²) in [6.07, 6.45) is 2.37. The van der Waals surface area contributed by atoms with Crippen LogP contribution in [0.1, 0.15) is 25.3 Å². The number of hydrogen-bond acceptors (Lipinski definition) is 3. The maximum atomic E-state index is 11.5. The summed E-state index contributed by atoms with van der Waals surface area (Å²) < 4.78 is 5.43. The lowest BCUT2D eigenvalue weighted by molar-refractivity contribution is -0.123. The van der Waals surface area contributed by atoms with E-state index in [0.717, 1.165) is 17.0 Å². The smallest absolute Gasteiger partial charge is 0.277 e. The average molecular weight is 246 g/mol. The summed E-state index contributed by atoms with van der Waals surface area (Å²) in [6, 6.07) is 7.62. The molecule has 0 bridgehead atoms. The Kier molecular flexibility index (Phi) is 3.97. The number of para-hydroxylation sites is 1. The highest BCUT2D eigenvalue weighted by Crippen LogP contribution is 2.30. The van der Waals surface area contributed by atoms with E-state index in [0.29, 0.717) is 5.92 Å². The van der Waals surface area contributed by atoms with Crippen LogP contribution >= 0.6 is 0 Å². The summed E-state index contributed by atoms with van der Waals surface area (Å²) in [5, 5.41) is 4.06. The number of amides is 1. The van der Waals surface area contributed by atoms with E-state index in [2.05, 4.69) is 10.5 Å². The molecule has 96 valence electrons. The van der Waals surface area contributed by atoms with Crippen molar-refractivity contribution in [2.75, 3.05) is 6.61 Å². The van der Waals surface area contributed by atoms with Crippen LogP contribution in [0.25, 0.3) is 0 Å². The molecule has 0 atom stereocenters. The number of benzene rings is 1. The lowest BCUT2D eigenvalue weighted by atomic mass is 10.2. The minimum Gasteiger partial charge on any atom is -0.483 e. The monoisotopic (exact) mass is 246 g/mol. The highest BCUT2D eigenvalue weighted by Gasteiger charge is 2.24. The lowest BCUT2D eigenvalue weighted by Gasteiger charge is -2.07. The van der Waals surface area contributed by atoms with Crippen molar-refractivity contribution < 1.29 is 9.53 Å². The van der Waals surface area contributed by atoms with Gasteiger partial charge in [0.2, 0.25) is 0 Å². The molecular weight excluding hydrogens is 228 g/mol. The molecule has 1 amide bonds. The van der Waals surface area contributed by atoms with Crippen LogP contribution < -0.4 is 10.2 Å². The van der Waals surface area contributed by atoms with E-state index in [4.69, 9.17) is 4.74 Å². The summed E-state index contributed by atoms with van der Waals surface area (Å²) in [5.74, 6) is 1.08. The van der Waals surface area contributed by atoms with Crippen LogP contribution in [0.3, 0.4) is 0 Å². The number of rotatable bonds is 5. The van der Waals surface area contributed by atoms with E-state index in [9.17, 15) is 4.79 Å². The van der Waals surface area contributed by atoms with Gasteiger partial charge in [0.15, 0.2) is 6.61 Å². The van der Waals surface area contributed by atoms with E-state index in [-0.39, 0.29) is 12.5 Å². The Hall–Kier alpha value is -1.84. The van der Waals surface area contributed by atoms with Crippen LogP contribution in [0.5, 0.6) is 5.75 Å². The van der Waals surface area contributed by atoms with Crippen LogP contribution in [-0.4, -0.2) is 18.2 Å². The molecule has 1 aromatic carbocycles. The topological polar surface area (TPSA) is 50.7 Å². The molecule has 18 heavy (non-hydrogen) atoms. The van der Waals surface area contributed by atoms with E-state index in [1.165, 1.54) is 12.8 Å². The Balaban J connectivity index is 1.78. The number of aryl methyl sites for hydroxylation is 1. The normalized spacial score (nSPS) is 15.3. The second-order valence-electron chi connectivity index (χ2n) is 4.62. The van der Waals surface area contributed by atoms with Gasteiger partial charge in [-0.25, -0.2) is 5.43 Å². The minimum atomic E-state index is -0.224. The van der Waals surface area contributed by atoms with Crippen molar-refractivity contribution in [3.8, 4) is 5.75 Å². The molecule has 2 rings (SSSR count). The number of hydrazone groups is 1. The van der Waals surface area contributed by atoms with Gasteiger partial charge in [0.05, 0.1) is 0 Å². The fourth-order valence-electron chi connectivity index (χ4n) is 1.64. The van der Waals surface area contributed by atoms with Gasteiger partial charge in [0.25, 0.3) is 5.91 Å². The Bertz CT molecular complexity index is 465. The van der Waals surface area contributed by atoms with Crippen molar-refractivity contribution in [2.45, 2.75) is 26.7 Å². The molecule has 4 heteroatoms. The van der Waals surface area contributed by atoms with Gasteiger partial charge in [0, 0.05) is 5.71 Å². The van der Waals surface area contributed by atoms with Gasteiger partial charge < -0.3 is 4.74 Å². The second-order valence-corrected chi connectivity index (χ2v) is 4.62. The lowest BCUT2D eigenvalue weighted by Crippen LogP contribution is -2.25. The van der Waals surface area contributed by atoms with Crippen molar-refractivity contribution in [3.05, 3.63) is 29.8 Å². The largest absolute Gasteiger partial charge is 0.483 e. The predicted molar refractivity (Wildman–Crippen MR) is 70.6 cm³/mol. The third kappa shape index (κ3) is 3.58. The first kappa shape index (κ1) is 12.6. The van der Waals surface area contributed by atoms with E-state index >= 15 is 0 Å². The van der Waals surface area contributed by atoms with Gasteiger partial charge in [0.1, 0.15) is 5.75 Å². The highest BCUT2D eigenvalue weighted by atomic mass is 16.5. The summed E-state index contributed by atoms with van der Waals surface area (Å²) in [6.45, 7) is 3.88. The van der Waals surface area contributed by atoms with Crippen molar-refractivity contribution in [3.63, 3.8) is 0 Å². The second kappa shape index (κ2) is 5.67. The zero-order chi connectivity index (χ0) is 13.0. The minimum absolute atomic E-state index is 0.00764. The van der Waals surface area contributed by atoms with Crippen LogP contribution in [0.15, 0.2) is 29.4 Å². The van der Waals surface area contributed by atoms with Crippen LogP contribution in [0.2, 0.25) is 0 Å². The Labute approximate surface area is 107 Å². The SMILES string of the molecule is CC(=NNC(=O)COc1ccccc1C)C1CC1. The molecule has 0 saturated heterocycles. The summed E-state index contributed by atoms with van der Waals surface area (Å²) in [5.41, 5.74) is 4.53. The molecule has 1 aliphatic carbocycles. The number of ether oxygens (including phenoxy) is 1. The van der Waals surface area contributed by atoms with Gasteiger partial charge in [-0.05, 0) is 44.2 Å². The third-order valence-electron chi connectivity index (χ3n) is 2.98. The molecule has 4 nitrogen and oxygen atoms in total. The summed E-state index contributed by atoms with van der Waals surface area (Å²) >= 11 is 0. The number of carbonyl (C=O) groups is 1. The van der Waals surface area contributed by atoms with Crippen LogP contribution in [0, 0.1) is 12.8 Å². The highest BCUT2D eigenvalue weighted by molar-refractivity contribution is 5.88. The Morgan fingerprint density at radius 1 is 1.44 bits per heavy atom. The maximum absolute atomic E-state index is 11.5. The molecule has 0 unspecified atom stereocenters. The van der Waals surface area contributed by atoms with Crippen LogP contribution in [0.4, 0.5) is 0 Å². The first-order chi connectivity index (χ1) is 8.66. The van der Waals surface area contributed by atoms with Crippen molar-refractivity contribution in [1.29, 1.82) is 0 Å². The molecule has 0 heterocycles. The van der Waals surface area contributed by atoms with Gasteiger partial charge >= 0.3 is 0 Å². The number of nitrogens with zero attached hydrogens (tertiary/aromatic N) is 1. The van der Waals surface area contributed by atoms with Gasteiger partial charge in [-0.15, -0.1) is 0 Å². The quantitative estimate of drug-likeness (QED) is 0.640. The Morgan fingerprint density at radius 2 is 2.17 bits per heavy atom. The molecule has 1 fully saturated rings. The maximum Gasteiger partial charge on any atom is 0.277 e. The zero-order valence-electron chi connectivity index (χ0n) is 10.8. The fourth-order valence-corrected chi connectivity index (χ4v) is 1.64. The molecule has 0 aromatic heterocycles. The first-order valence-corrected chi connectivity index (χ1v) is 6.18. The zero-order valence-corrected chi connectivity index (χ0v) is 10.8. The molecule has 1 N–H and O–H groups in total. The molecule has 0 aliphatic heterocycles. The van der Waals surface area contributed by atoms with Gasteiger partial charge in [-0.1, -0.05) is 18.2 Å². The standard InChI is InChI=1S/C14H18N2O2/c1-10-5-3-4-6-13(10)18-9-14(17)16-15-11(2)12-7-8-12/h3-6,12H,7-9H2,1-2H3,(H,16,17). The van der Waals surface area contributed by atoms with Crippen molar-refractivity contribution >= 4 is 11.6 Å². The Morgan fingerprint density at radius 3 is 2.83 bits per heavy atom. The molecule has 1 aliphatic rings. The van der Waals surface area contributed by atoms with Gasteiger partial charge in [-0.2, -0.15) is 5.10 Å². The van der Waals surface area contributed by atoms with E-state index in [1.54, 1.807) is 0 Å². The molecule has 1 aromatic rings. The fraction of sp³-hybridized carbons (Fsp3) is 0.429. The van der Waals surface area contributed by atoms with Gasteiger partial charge in [-0.3, -0.25) is 4.79 Å². The van der Waals surface area contributed by atoms with E-state index < -0.39 is 0 Å². The van der Waals surface area contributed by atoms with Crippen LogP contribution in [-0.2, 0) is 4.79 Å². The van der Waals surface area contributed by atoms with Crippen molar-refractivity contribution in [2.24, 2.45) is 11.0 Å². The number of nitrogens with one attached hydrogen (secondary N) is 1. The van der Waals surface area contributed by atoms with E-state index in [1.807, 2.05) is 38.1 Å². The predicted octanol–water partition coefficient (Wildman–Crippen LogP) is 2.28. The number of hydrogen-bond donors (Lipinski definition) is 1. The summed E-state index contributed by atoms with van der Waals surface area (Å²) in [4.78, 5) is 11.5. The third-order valence-corrected chi connectivity index (χ3v) is 2.98. The summed E-state index contributed by atoms with van der Waals surface area (Å²) in [7, 11) is 0. The average Bonchev–Trinajstić information content (AvgIpc) is 3.19. The molecule has 1 saturated carbocycles.